The number of amides is 4. The van der Waals surface area contributed by atoms with Crippen LogP contribution in [0.3, 0.4) is 0 Å². The van der Waals surface area contributed by atoms with Crippen LogP contribution < -0.4 is 15.4 Å². The number of hydrogen-bond acceptors (Lipinski definition) is 8. The van der Waals surface area contributed by atoms with Crippen molar-refractivity contribution in [3.63, 3.8) is 0 Å². The molecule has 0 spiro atoms. The first-order valence-electron chi connectivity index (χ1n) is 18.6. The summed E-state index contributed by atoms with van der Waals surface area (Å²) < 4.78 is 40.5. The van der Waals surface area contributed by atoms with Gasteiger partial charge in [0.2, 0.25) is 11.8 Å². The minimum absolute atomic E-state index is 0.0747. The van der Waals surface area contributed by atoms with Crippen molar-refractivity contribution in [2.24, 2.45) is 5.92 Å². The van der Waals surface area contributed by atoms with Gasteiger partial charge in [-0.2, -0.15) is 0 Å². The van der Waals surface area contributed by atoms with Gasteiger partial charge in [0.25, 0.3) is 15.9 Å². The van der Waals surface area contributed by atoms with E-state index in [1.165, 1.54) is 17.0 Å². The molecule has 2 aliphatic carbocycles. The van der Waals surface area contributed by atoms with E-state index in [0.717, 1.165) is 48.4 Å². The molecule has 2 saturated carbocycles. The average Bonchev–Trinajstić information content (AvgIpc) is 3.66. The molecule has 0 radical (unpaired) electrons. The van der Waals surface area contributed by atoms with E-state index in [2.05, 4.69) is 15.4 Å². The quantitative estimate of drug-likeness (QED) is 0.276. The molecule has 13 heteroatoms. The fourth-order valence-corrected chi connectivity index (χ4v) is 8.49. The molecular weight excluding hydrogens is 697 g/mol. The van der Waals surface area contributed by atoms with Crippen LogP contribution in [0.25, 0.3) is 10.8 Å². The zero-order valence-corrected chi connectivity index (χ0v) is 30.4. The Labute approximate surface area is 309 Å². The van der Waals surface area contributed by atoms with Crippen molar-refractivity contribution >= 4 is 44.6 Å². The van der Waals surface area contributed by atoms with Crippen LogP contribution in [0.4, 0.5) is 4.79 Å². The maximum Gasteiger partial charge on any atom is 0.408 e. The topological polar surface area (TPSA) is 160 Å². The largest absolute Gasteiger partial charge is 0.446 e. The minimum Gasteiger partial charge on any atom is -0.446 e. The smallest absolute Gasteiger partial charge is 0.408 e. The maximum absolute atomic E-state index is 14.4. The van der Waals surface area contributed by atoms with E-state index in [9.17, 15) is 27.6 Å². The van der Waals surface area contributed by atoms with Gasteiger partial charge >= 0.3 is 6.09 Å². The number of ether oxygens (including phenoxy) is 2. The summed E-state index contributed by atoms with van der Waals surface area (Å²) in [5.41, 5.74) is -0.594. The number of nitrogens with one attached hydrogen (secondary N) is 3. The Morgan fingerprint density at radius 2 is 1.66 bits per heavy atom. The SMILES string of the molecule is O=C(N[C@H]1CCCCC/C=C\[C@@H]2C[C@]2(C(=O)NS(=O)(=O)c2ccccc2)NC(=O)[C@@H]2C[C@@H](OCc3ccc4ccccc4c3)CN2C1=O)OC1CCC1. The van der Waals surface area contributed by atoms with E-state index < -0.39 is 63.5 Å². The van der Waals surface area contributed by atoms with Gasteiger partial charge in [0, 0.05) is 18.9 Å². The van der Waals surface area contributed by atoms with E-state index in [-0.39, 0.29) is 37.0 Å². The molecule has 2 aliphatic heterocycles. The Balaban J connectivity index is 1.14. The number of fused-ring (bicyclic) bond motifs is 3. The summed E-state index contributed by atoms with van der Waals surface area (Å²) >= 11 is 0. The Morgan fingerprint density at radius 1 is 0.887 bits per heavy atom. The van der Waals surface area contributed by atoms with Crippen LogP contribution in [0.1, 0.15) is 69.8 Å². The molecule has 0 bridgehead atoms. The van der Waals surface area contributed by atoms with Crippen LogP contribution in [-0.2, 0) is 40.5 Å². The van der Waals surface area contributed by atoms with Gasteiger partial charge in [-0.15, -0.1) is 0 Å². The number of hydrogen-bond donors (Lipinski definition) is 3. The minimum atomic E-state index is -4.22. The average molecular weight is 743 g/mol. The number of rotatable bonds is 8. The standard InChI is InChI=1S/C40H46N4O8S/c45-36-35-23-32(51-26-27-20-21-28-12-9-10-13-29(28)22-27)25-44(35)37(46)34(41-39(48)52-31-15-11-16-31)19-8-3-1-2-5-14-30-24-40(30,42-36)38(47)43-53(49,50)33-17-6-4-7-18-33/h4-7,9-10,12-14,17-18,20-22,30-32,34-35H,1-3,8,11,15-16,19,23-26H2,(H,41,48)(H,42,45)(H,43,47)/b14-5-/t30-,32-,34+,35+,40+/m1/s1. The van der Waals surface area contributed by atoms with E-state index in [4.69, 9.17) is 9.47 Å². The van der Waals surface area contributed by atoms with Crippen LogP contribution in [0, 0.1) is 5.92 Å². The molecule has 4 amide bonds. The van der Waals surface area contributed by atoms with Crippen LogP contribution in [0.2, 0.25) is 0 Å². The first-order chi connectivity index (χ1) is 25.6. The first-order valence-corrected chi connectivity index (χ1v) is 20.1. The summed E-state index contributed by atoms with van der Waals surface area (Å²) in [4.78, 5) is 56.8. The molecule has 7 rings (SSSR count). The zero-order valence-electron chi connectivity index (χ0n) is 29.6. The third kappa shape index (κ3) is 8.41. The second kappa shape index (κ2) is 15.7. The number of carbonyl (C=O) groups is 4. The van der Waals surface area contributed by atoms with E-state index in [0.29, 0.717) is 19.3 Å². The summed E-state index contributed by atoms with van der Waals surface area (Å²) in [7, 11) is -4.22. The second-order valence-electron chi connectivity index (χ2n) is 14.6. The van der Waals surface area contributed by atoms with Gasteiger partial charge in [-0.05, 0) is 79.5 Å². The molecular formula is C40H46N4O8S. The predicted octanol–water partition coefficient (Wildman–Crippen LogP) is 4.87. The van der Waals surface area contributed by atoms with Gasteiger partial charge in [0.15, 0.2) is 0 Å². The molecule has 12 nitrogen and oxygen atoms in total. The highest BCUT2D eigenvalue weighted by atomic mass is 32.2. The maximum atomic E-state index is 14.4. The van der Waals surface area contributed by atoms with Crippen molar-refractivity contribution in [2.45, 2.75) is 106 Å². The lowest BCUT2D eigenvalue weighted by molar-refractivity contribution is -0.141. The van der Waals surface area contributed by atoms with Gasteiger partial charge in [-0.1, -0.05) is 79.6 Å². The Hall–Kier alpha value is -4.75. The highest BCUT2D eigenvalue weighted by Gasteiger charge is 2.61. The monoisotopic (exact) mass is 742 g/mol. The number of sulfonamides is 1. The normalized spacial score (nSPS) is 27.2. The molecule has 1 saturated heterocycles. The summed E-state index contributed by atoms with van der Waals surface area (Å²) in [5.74, 6) is -2.31. The molecule has 5 atom stereocenters. The lowest BCUT2D eigenvalue weighted by Crippen LogP contribution is -2.58. The summed E-state index contributed by atoms with van der Waals surface area (Å²) in [6, 6.07) is 19.6. The molecule has 0 unspecified atom stereocenters. The molecule has 4 aliphatic rings. The van der Waals surface area contributed by atoms with Crippen LogP contribution >= 0.6 is 0 Å². The number of carbonyl (C=O) groups excluding carboxylic acids is 4. The number of alkyl carbamates (subject to hydrolysis) is 1. The van der Waals surface area contributed by atoms with Gasteiger partial charge < -0.3 is 25.0 Å². The molecule has 3 N–H and O–H groups in total. The van der Waals surface area contributed by atoms with Crippen molar-refractivity contribution in [3.8, 4) is 0 Å². The van der Waals surface area contributed by atoms with E-state index in [1.54, 1.807) is 18.2 Å². The highest BCUT2D eigenvalue weighted by Crippen LogP contribution is 2.46. The van der Waals surface area contributed by atoms with Gasteiger partial charge in [0.1, 0.15) is 23.7 Å². The first kappa shape index (κ1) is 36.6. The van der Waals surface area contributed by atoms with Crippen molar-refractivity contribution < 1.29 is 37.1 Å². The molecule has 0 aromatic heterocycles. The Bertz CT molecular complexity index is 1980. The fourth-order valence-electron chi connectivity index (χ4n) is 7.43. The van der Waals surface area contributed by atoms with Crippen LogP contribution in [0.5, 0.6) is 0 Å². The predicted molar refractivity (Wildman–Crippen MR) is 197 cm³/mol. The number of benzene rings is 3. The van der Waals surface area contributed by atoms with Gasteiger partial charge in [0.05, 0.1) is 17.6 Å². The summed E-state index contributed by atoms with van der Waals surface area (Å²) in [6.45, 7) is 0.336. The van der Waals surface area contributed by atoms with Gasteiger partial charge in [-0.25, -0.2) is 17.9 Å². The van der Waals surface area contributed by atoms with Crippen LogP contribution in [0.15, 0.2) is 89.8 Å². The Kier molecular flexibility index (Phi) is 10.8. The highest BCUT2D eigenvalue weighted by molar-refractivity contribution is 7.90. The summed E-state index contributed by atoms with van der Waals surface area (Å²) in [5, 5.41) is 7.84. The molecule has 2 heterocycles. The van der Waals surface area contributed by atoms with Crippen molar-refractivity contribution in [2.75, 3.05) is 6.54 Å². The molecule has 280 valence electrons. The lowest BCUT2D eigenvalue weighted by Gasteiger charge is -2.31. The van der Waals surface area contributed by atoms with E-state index in [1.807, 2.05) is 54.6 Å². The van der Waals surface area contributed by atoms with Crippen molar-refractivity contribution in [3.05, 3.63) is 90.5 Å². The third-order valence-corrected chi connectivity index (χ3v) is 12.2. The third-order valence-electron chi connectivity index (χ3n) is 10.8. The second-order valence-corrected chi connectivity index (χ2v) is 16.3. The summed E-state index contributed by atoms with van der Waals surface area (Å²) in [6.07, 6.45) is 8.68. The lowest BCUT2D eigenvalue weighted by atomic mass is 9.96. The molecule has 3 aromatic rings. The molecule has 53 heavy (non-hydrogen) atoms. The number of allylic oxidation sites excluding steroid dienone is 1. The van der Waals surface area contributed by atoms with Crippen LogP contribution in [-0.4, -0.2) is 73.5 Å². The van der Waals surface area contributed by atoms with Crippen molar-refractivity contribution in [1.82, 2.24) is 20.3 Å². The van der Waals surface area contributed by atoms with E-state index >= 15 is 0 Å². The van der Waals surface area contributed by atoms with Gasteiger partial charge in [-0.3, -0.25) is 14.4 Å². The zero-order chi connectivity index (χ0) is 37.0. The van der Waals surface area contributed by atoms with Crippen molar-refractivity contribution in [1.29, 1.82) is 0 Å². The molecule has 3 fully saturated rings. The fraction of sp³-hybridized carbons (Fsp3) is 0.450. The number of nitrogens with zero attached hydrogens (tertiary/aromatic N) is 1. The molecule has 3 aromatic carbocycles. The Morgan fingerprint density at radius 3 is 2.43 bits per heavy atom.